The summed E-state index contributed by atoms with van der Waals surface area (Å²) >= 11 is 0. The first-order chi connectivity index (χ1) is 2.00. The van der Waals surface area contributed by atoms with Gasteiger partial charge < -0.3 is 14.7 Å². The molecular formula is H3Nd3O4P. The maximum Gasteiger partial charge on any atom is 0.466 e. The van der Waals surface area contributed by atoms with Crippen LogP contribution in [0.2, 0.25) is 0 Å². The SMILES string of the molecule is O=P(O)(O)O.[Nd].[Nd].[Nd]. The molecule has 0 aromatic heterocycles. The van der Waals surface area contributed by atoms with Crippen molar-refractivity contribution in [3.63, 3.8) is 0 Å². The van der Waals surface area contributed by atoms with E-state index < -0.39 is 7.82 Å². The number of hydrogen-bond donors (Lipinski definition) is 3. The molecule has 0 spiro atoms. The number of hydrogen-bond acceptors (Lipinski definition) is 1. The topological polar surface area (TPSA) is 77.8 Å². The fourth-order valence-electron chi connectivity index (χ4n) is 0. The Kier molecular flexibility index (Phi) is 31.7. The average Bonchev–Trinajstić information content (AvgIpc) is 0.722. The second kappa shape index (κ2) is 11.2. The molecule has 44 valence electrons. The summed E-state index contributed by atoms with van der Waals surface area (Å²) in [5.41, 5.74) is 0. The van der Waals surface area contributed by atoms with Gasteiger partial charge in [0.2, 0.25) is 0 Å². The molecule has 8 heteroatoms. The summed E-state index contributed by atoms with van der Waals surface area (Å²) in [5.74, 6) is 0. The van der Waals surface area contributed by atoms with E-state index in [0.29, 0.717) is 0 Å². The molecule has 0 aliphatic heterocycles. The van der Waals surface area contributed by atoms with Crippen LogP contribution in [0, 0.1) is 123 Å². The van der Waals surface area contributed by atoms with Gasteiger partial charge >= 0.3 is 7.82 Å². The van der Waals surface area contributed by atoms with Gasteiger partial charge in [0.25, 0.3) is 0 Å². The molecule has 0 radical (unpaired) electrons. The second-order valence-electron chi connectivity index (χ2n) is 0.513. The van der Waals surface area contributed by atoms with E-state index in [1.807, 2.05) is 0 Å². The van der Waals surface area contributed by atoms with Crippen molar-refractivity contribution in [1.29, 1.82) is 0 Å². The van der Waals surface area contributed by atoms with Gasteiger partial charge in [-0.05, 0) is 0 Å². The zero-order valence-electron chi connectivity index (χ0n) is 3.70. The minimum absolute atomic E-state index is 0. The third kappa shape index (κ3) is 49.2. The van der Waals surface area contributed by atoms with Crippen molar-refractivity contribution < 1.29 is 142 Å². The largest absolute Gasteiger partial charge is 0.466 e. The van der Waals surface area contributed by atoms with Crippen molar-refractivity contribution in [1.82, 2.24) is 0 Å². The van der Waals surface area contributed by atoms with Gasteiger partial charge in [-0.2, -0.15) is 0 Å². The van der Waals surface area contributed by atoms with E-state index in [1.165, 1.54) is 0 Å². The number of rotatable bonds is 0. The van der Waals surface area contributed by atoms with Crippen LogP contribution in [0.25, 0.3) is 0 Å². The molecule has 0 saturated carbocycles. The molecule has 3 N–H and O–H groups in total. The van der Waals surface area contributed by atoms with Gasteiger partial charge in [-0.3, -0.25) is 0 Å². The average molecular weight is 531 g/mol. The summed E-state index contributed by atoms with van der Waals surface area (Å²) in [6, 6.07) is 0. The van der Waals surface area contributed by atoms with Crippen LogP contribution in [-0.2, 0) is 4.57 Å². The predicted molar refractivity (Wildman–Crippen MR) is 14.3 cm³/mol. The summed E-state index contributed by atoms with van der Waals surface area (Å²) in [7, 11) is -4.64. The van der Waals surface area contributed by atoms with E-state index >= 15 is 0 Å². The van der Waals surface area contributed by atoms with Gasteiger partial charge in [0.05, 0.1) is 0 Å². The summed E-state index contributed by atoms with van der Waals surface area (Å²) < 4.78 is 8.88. The second-order valence-corrected chi connectivity index (χ2v) is 1.54. The van der Waals surface area contributed by atoms with Crippen LogP contribution in [0.1, 0.15) is 0 Å². The fourth-order valence-corrected chi connectivity index (χ4v) is 0. The van der Waals surface area contributed by atoms with E-state index in [4.69, 9.17) is 19.2 Å². The molecule has 0 aliphatic rings. The van der Waals surface area contributed by atoms with E-state index in [-0.39, 0.29) is 123 Å². The molecule has 4 nitrogen and oxygen atoms in total. The monoisotopic (exact) mass is 524 g/mol. The molecule has 8 heavy (non-hydrogen) atoms. The zero-order valence-corrected chi connectivity index (χ0v) is 14.2. The first-order valence-corrected chi connectivity index (χ1v) is 2.35. The maximum absolute atomic E-state index is 8.88. The van der Waals surface area contributed by atoms with Crippen LogP contribution in [-0.4, -0.2) is 14.7 Å². The first kappa shape index (κ1) is 22.7. The van der Waals surface area contributed by atoms with Gasteiger partial charge in [-0.15, -0.1) is 0 Å². The van der Waals surface area contributed by atoms with Crippen molar-refractivity contribution in [2.45, 2.75) is 0 Å². The molecule has 0 heterocycles. The molecule has 0 aliphatic carbocycles. The quantitative estimate of drug-likeness (QED) is 0.354. The van der Waals surface area contributed by atoms with E-state index in [0.717, 1.165) is 0 Å². The van der Waals surface area contributed by atoms with E-state index in [2.05, 4.69) is 0 Å². The normalized spacial score (nSPS) is 7.38. The number of phosphoric acid groups is 1. The molecule has 0 aromatic carbocycles. The Hall–Kier alpha value is 4.16. The van der Waals surface area contributed by atoms with Gasteiger partial charge in [0.1, 0.15) is 0 Å². The van der Waals surface area contributed by atoms with Crippen molar-refractivity contribution in [2.75, 3.05) is 0 Å². The standard InChI is InChI=1S/3Nd.H3O4P/c;;;1-5(2,3)4/h;;;(H3,1,2,3,4). The Bertz CT molecular complexity index is 57.4. The van der Waals surface area contributed by atoms with Crippen molar-refractivity contribution in [3.05, 3.63) is 0 Å². The Morgan fingerprint density at radius 1 is 0.875 bits per heavy atom. The van der Waals surface area contributed by atoms with Gasteiger partial charge in [-0.25, -0.2) is 4.57 Å². The summed E-state index contributed by atoms with van der Waals surface area (Å²) in [6.45, 7) is 0. The molecule has 0 aromatic rings. The van der Waals surface area contributed by atoms with E-state index in [9.17, 15) is 0 Å². The molecule has 0 amide bonds. The smallest absolute Gasteiger partial charge is 0.303 e. The molecule has 0 fully saturated rings. The molecule has 0 saturated heterocycles. The van der Waals surface area contributed by atoms with Crippen molar-refractivity contribution in [2.24, 2.45) is 0 Å². The molecule has 0 bridgehead atoms. The Morgan fingerprint density at radius 3 is 0.875 bits per heavy atom. The Balaban J connectivity index is -0.0000000267. The van der Waals surface area contributed by atoms with Crippen LogP contribution in [0.4, 0.5) is 0 Å². The minimum Gasteiger partial charge on any atom is -0.303 e. The summed E-state index contributed by atoms with van der Waals surface area (Å²) in [4.78, 5) is 21.6. The maximum atomic E-state index is 8.88. The summed E-state index contributed by atoms with van der Waals surface area (Å²) in [5, 5.41) is 0. The van der Waals surface area contributed by atoms with Crippen LogP contribution in [0.5, 0.6) is 0 Å². The Labute approximate surface area is 145 Å². The minimum atomic E-state index is -4.64. The Morgan fingerprint density at radius 2 is 0.875 bits per heavy atom. The predicted octanol–water partition coefficient (Wildman–Crippen LogP) is -0.929. The molecule has 0 rings (SSSR count). The third-order valence-electron chi connectivity index (χ3n) is 0. The zero-order chi connectivity index (χ0) is 4.50. The molecule has 0 unspecified atom stereocenters. The van der Waals surface area contributed by atoms with Gasteiger partial charge in [-0.1, -0.05) is 0 Å². The van der Waals surface area contributed by atoms with Crippen LogP contribution < -0.4 is 0 Å². The third-order valence-corrected chi connectivity index (χ3v) is 0. The van der Waals surface area contributed by atoms with Crippen LogP contribution >= 0.6 is 7.82 Å². The van der Waals surface area contributed by atoms with Crippen LogP contribution in [0.3, 0.4) is 0 Å². The summed E-state index contributed by atoms with van der Waals surface area (Å²) in [6.07, 6.45) is 0. The van der Waals surface area contributed by atoms with Gasteiger partial charge in [0.15, 0.2) is 0 Å². The van der Waals surface area contributed by atoms with E-state index in [1.54, 1.807) is 0 Å². The van der Waals surface area contributed by atoms with Gasteiger partial charge in [0, 0.05) is 123 Å². The fraction of sp³-hybridized carbons (Fsp3) is 0. The van der Waals surface area contributed by atoms with Crippen molar-refractivity contribution in [3.8, 4) is 0 Å². The molecular weight excluding hydrogens is 528 g/mol. The van der Waals surface area contributed by atoms with Crippen molar-refractivity contribution >= 4 is 7.82 Å². The first-order valence-electron chi connectivity index (χ1n) is 0.783. The molecule has 0 atom stereocenters. The van der Waals surface area contributed by atoms with Crippen LogP contribution in [0.15, 0.2) is 0 Å².